The van der Waals surface area contributed by atoms with E-state index in [9.17, 15) is 14.0 Å². The molecule has 0 unspecified atom stereocenters. The molecule has 0 fully saturated rings. The fraction of sp³-hybridized carbons (Fsp3) is 0.259. The molecule has 3 aromatic rings. The lowest BCUT2D eigenvalue weighted by molar-refractivity contribution is -0.139. The van der Waals surface area contributed by atoms with Crippen LogP contribution in [0.4, 0.5) is 4.39 Å². The predicted molar refractivity (Wildman–Crippen MR) is 137 cm³/mol. The number of nitrogens with one attached hydrogen (secondary N) is 1. The van der Waals surface area contributed by atoms with Gasteiger partial charge in [0.05, 0.1) is 5.75 Å². The lowest BCUT2D eigenvalue weighted by Crippen LogP contribution is -2.50. The molecular weight excluding hydrogens is 471 g/mol. The van der Waals surface area contributed by atoms with Crippen molar-refractivity contribution < 1.29 is 14.0 Å². The van der Waals surface area contributed by atoms with E-state index in [2.05, 4.69) is 5.32 Å². The highest BCUT2D eigenvalue weighted by atomic mass is 35.5. The van der Waals surface area contributed by atoms with E-state index in [1.807, 2.05) is 61.5 Å². The van der Waals surface area contributed by atoms with E-state index >= 15 is 0 Å². The number of amides is 2. The van der Waals surface area contributed by atoms with Crippen LogP contribution in [0.5, 0.6) is 0 Å². The first-order valence-electron chi connectivity index (χ1n) is 11.0. The number of nitrogens with zero attached hydrogens (tertiary/aromatic N) is 1. The van der Waals surface area contributed by atoms with Gasteiger partial charge in [0.1, 0.15) is 11.9 Å². The molecule has 1 atom stereocenters. The minimum atomic E-state index is -0.682. The number of halogens is 2. The van der Waals surface area contributed by atoms with Crippen LogP contribution in [0, 0.1) is 12.7 Å². The average molecular weight is 499 g/mol. The largest absolute Gasteiger partial charge is 0.357 e. The summed E-state index contributed by atoms with van der Waals surface area (Å²) in [6.45, 7) is 2.29. The van der Waals surface area contributed by atoms with Crippen molar-refractivity contribution in [2.24, 2.45) is 0 Å². The maximum Gasteiger partial charge on any atom is 0.242 e. The summed E-state index contributed by atoms with van der Waals surface area (Å²) < 4.78 is 14.1. The zero-order valence-electron chi connectivity index (χ0n) is 19.3. The molecule has 1 N–H and O–H groups in total. The molecule has 0 spiro atoms. The standard InChI is InChI=1S/C27H28ClFN2O2S/c1-19-8-6-11-21(14-19)16-31(25(27(33)30-2)15-20-9-4-3-5-10-20)26(32)18-34-17-22-23(28)12-7-13-24(22)29/h3-14,25H,15-18H2,1-2H3,(H,30,33)/t25-/m1/s1. The molecule has 0 aliphatic heterocycles. The number of benzene rings is 3. The van der Waals surface area contributed by atoms with E-state index in [1.54, 1.807) is 24.1 Å². The molecule has 2 amide bonds. The number of likely N-dealkylation sites (N-methyl/N-ethyl adjacent to an activating group) is 1. The highest BCUT2D eigenvalue weighted by molar-refractivity contribution is 7.99. The van der Waals surface area contributed by atoms with Crippen LogP contribution in [0.3, 0.4) is 0 Å². The predicted octanol–water partition coefficient (Wildman–Crippen LogP) is 5.41. The van der Waals surface area contributed by atoms with Crippen molar-refractivity contribution in [3.63, 3.8) is 0 Å². The number of carbonyl (C=O) groups excluding carboxylic acids is 2. The Morgan fingerprint density at radius 1 is 1.03 bits per heavy atom. The Kier molecular flexibility index (Phi) is 9.54. The molecule has 34 heavy (non-hydrogen) atoms. The molecular formula is C27H28ClFN2O2S. The van der Waals surface area contributed by atoms with Crippen LogP contribution in [0.2, 0.25) is 5.02 Å². The Hall–Kier alpha value is -2.83. The van der Waals surface area contributed by atoms with Gasteiger partial charge in [-0.05, 0) is 30.2 Å². The number of rotatable bonds is 10. The third-order valence-electron chi connectivity index (χ3n) is 5.49. The van der Waals surface area contributed by atoms with Gasteiger partial charge in [0.2, 0.25) is 11.8 Å². The molecule has 0 heterocycles. The van der Waals surface area contributed by atoms with Crippen molar-refractivity contribution in [3.8, 4) is 0 Å². The third kappa shape index (κ3) is 7.08. The first kappa shape index (κ1) is 25.8. The maximum absolute atomic E-state index is 14.1. The summed E-state index contributed by atoms with van der Waals surface area (Å²) in [5.74, 6) is -0.454. The molecule has 178 valence electrons. The van der Waals surface area contributed by atoms with Crippen molar-refractivity contribution >= 4 is 35.2 Å². The number of thioether (sulfide) groups is 1. The van der Waals surface area contributed by atoms with Gasteiger partial charge in [-0.25, -0.2) is 4.39 Å². The summed E-state index contributed by atoms with van der Waals surface area (Å²) in [7, 11) is 1.57. The Balaban J connectivity index is 1.83. The van der Waals surface area contributed by atoms with Crippen LogP contribution < -0.4 is 5.32 Å². The zero-order chi connectivity index (χ0) is 24.5. The molecule has 3 rings (SSSR count). The molecule has 0 aliphatic rings. The van der Waals surface area contributed by atoms with Crippen molar-refractivity contribution in [1.29, 1.82) is 0 Å². The molecule has 0 saturated carbocycles. The van der Waals surface area contributed by atoms with E-state index in [0.29, 0.717) is 23.6 Å². The lowest BCUT2D eigenvalue weighted by atomic mass is 10.0. The van der Waals surface area contributed by atoms with Crippen molar-refractivity contribution in [3.05, 3.63) is 106 Å². The summed E-state index contributed by atoms with van der Waals surface area (Å²) in [4.78, 5) is 28.0. The second-order valence-electron chi connectivity index (χ2n) is 8.02. The molecule has 7 heteroatoms. The molecule has 0 radical (unpaired) electrons. The van der Waals surface area contributed by atoms with Gasteiger partial charge in [-0.1, -0.05) is 77.8 Å². The van der Waals surface area contributed by atoms with Crippen LogP contribution in [-0.4, -0.2) is 35.6 Å². The smallest absolute Gasteiger partial charge is 0.242 e. The van der Waals surface area contributed by atoms with E-state index in [4.69, 9.17) is 11.6 Å². The first-order valence-corrected chi connectivity index (χ1v) is 12.5. The maximum atomic E-state index is 14.1. The van der Waals surface area contributed by atoms with Crippen LogP contribution in [0.1, 0.15) is 22.3 Å². The number of hydrogen-bond acceptors (Lipinski definition) is 3. The quantitative estimate of drug-likeness (QED) is 0.407. The van der Waals surface area contributed by atoms with Crippen LogP contribution in [0.25, 0.3) is 0 Å². The number of aryl methyl sites for hydroxylation is 1. The minimum Gasteiger partial charge on any atom is -0.357 e. The normalized spacial score (nSPS) is 11.6. The highest BCUT2D eigenvalue weighted by Crippen LogP contribution is 2.25. The molecule has 4 nitrogen and oxygen atoms in total. The minimum absolute atomic E-state index is 0.0960. The molecule has 0 bridgehead atoms. The van der Waals surface area contributed by atoms with Gasteiger partial charge in [0.15, 0.2) is 0 Å². The summed E-state index contributed by atoms with van der Waals surface area (Å²) in [6, 6.07) is 21.4. The number of carbonyl (C=O) groups is 2. The van der Waals surface area contributed by atoms with E-state index in [1.165, 1.54) is 17.8 Å². The topological polar surface area (TPSA) is 49.4 Å². The van der Waals surface area contributed by atoms with Crippen LogP contribution >= 0.6 is 23.4 Å². The third-order valence-corrected chi connectivity index (χ3v) is 6.78. The van der Waals surface area contributed by atoms with E-state index < -0.39 is 11.9 Å². The van der Waals surface area contributed by atoms with Crippen LogP contribution in [0.15, 0.2) is 72.8 Å². The Labute approximate surface area is 209 Å². The average Bonchev–Trinajstić information content (AvgIpc) is 2.83. The zero-order valence-corrected chi connectivity index (χ0v) is 20.8. The van der Waals surface area contributed by atoms with Crippen molar-refractivity contribution in [1.82, 2.24) is 10.2 Å². The van der Waals surface area contributed by atoms with Gasteiger partial charge in [-0.3, -0.25) is 9.59 Å². The Bertz CT molecular complexity index is 1110. The second kappa shape index (κ2) is 12.6. The lowest BCUT2D eigenvalue weighted by Gasteiger charge is -2.31. The van der Waals surface area contributed by atoms with Gasteiger partial charge in [-0.2, -0.15) is 0 Å². The fourth-order valence-corrected chi connectivity index (χ4v) is 4.97. The molecule has 0 saturated heterocycles. The van der Waals surface area contributed by atoms with E-state index in [-0.39, 0.29) is 23.3 Å². The number of hydrogen-bond donors (Lipinski definition) is 1. The molecule has 0 aromatic heterocycles. The first-order chi connectivity index (χ1) is 16.4. The summed E-state index contributed by atoms with van der Waals surface area (Å²) in [5.41, 5.74) is 3.36. The summed E-state index contributed by atoms with van der Waals surface area (Å²) in [5, 5.41) is 3.04. The van der Waals surface area contributed by atoms with Gasteiger partial charge < -0.3 is 10.2 Å². The SMILES string of the molecule is CNC(=O)[C@@H](Cc1ccccc1)N(Cc1cccc(C)c1)C(=O)CSCc1c(F)cccc1Cl. The van der Waals surface area contributed by atoms with Gasteiger partial charge >= 0.3 is 0 Å². The second-order valence-corrected chi connectivity index (χ2v) is 9.42. The van der Waals surface area contributed by atoms with Crippen molar-refractivity contribution in [2.45, 2.75) is 31.7 Å². The summed E-state index contributed by atoms with van der Waals surface area (Å²) >= 11 is 7.41. The van der Waals surface area contributed by atoms with Gasteiger partial charge in [-0.15, -0.1) is 11.8 Å². The highest BCUT2D eigenvalue weighted by Gasteiger charge is 2.29. The Morgan fingerprint density at radius 3 is 2.41 bits per heavy atom. The molecule has 0 aliphatic carbocycles. The van der Waals surface area contributed by atoms with Crippen LogP contribution in [-0.2, 0) is 28.3 Å². The summed E-state index contributed by atoms with van der Waals surface area (Å²) in [6.07, 6.45) is 0.391. The Morgan fingerprint density at radius 2 is 1.74 bits per heavy atom. The fourth-order valence-electron chi connectivity index (χ4n) is 3.72. The van der Waals surface area contributed by atoms with Gasteiger partial charge in [0, 0.05) is 36.4 Å². The van der Waals surface area contributed by atoms with E-state index in [0.717, 1.165) is 16.7 Å². The monoisotopic (exact) mass is 498 g/mol. The van der Waals surface area contributed by atoms with Crippen molar-refractivity contribution in [2.75, 3.05) is 12.8 Å². The van der Waals surface area contributed by atoms with Gasteiger partial charge in [0.25, 0.3) is 0 Å². The molecule has 3 aromatic carbocycles.